The minimum Gasteiger partial charge on any atom is -0.312 e. The molecule has 2 aliphatic rings. The standard InChI is InChI=1S/C14H21BrN2O2S2/c1-2-16-8-11-7-12(14(15)20-11)21(18,19)17-13(9-3-4-9)10-5-6-10/h7,9-10,13,16-17H,2-6,8H2,1H3. The normalized spacial score (nSPS) is 19.4. The zero-order valence-corrected chi connectivity index (χ0v) is 15.3. The van der Waals surface area contributed by atoms with Crippen LogP contribution < -0.4 is 10.0 Å². The second-order valence-corrected chi connectivity index (χ2v) is 10.1. The molecule has 2 fully saturated rings. The summed E-state index contributed by atoms with van der Waals surface area (Å²) in [7, 11) is -3.42. The zero-order chi connectivity index (χ0) is 15.0. The molecule has 1 aromatic heterocycles. The number of halogens is 1. The minimum atomic E-state index is -3.42. The SMILES string of the molecule is CCNCc1cc(S(=O)(=O)NC(C2CC2)C2CC2)c(Br)s1. The Kier molecular flexibility index (Phi) is 4.76. The van der Waals surface area contributed by atoms with Crippen LogP contribution in [0.25, 0.3) is 0 Å². The van der Waals surface area contributed by atoms with Crippen LogP contribution in [0.1, 0.15) is 37.5 Å². The van der Waals surface area contributed by atoms with E-state index in [9.17, 15) is 8.42 Å². The van der Waals surface area contributed by atoms with Gasteiger partial charge in [-0.15, -0.1) is 11.3 Å². The third kappa shape index (κ3) is 3.88. The van der Waals surface area contributed by atoms with Gasteiger partial charge in [0, 0.05) is 17.5 Å². The van der Waals surface area contributed by atoms with E-state index in [4.69, 9.17) is 0 Å². The van der Waals surface area contributed by atoms with Crippen molar-refractivity contribution < 1.29 is 8.42 Å². The zero-order valence-electron chi connectivity index (χ0n) is 12.1. The summed E-state index contributed by atoms with van der Waals surface area (Å²) in [6.45, 7) is 3.63. The molecule has 2 aliphatic carbocycles. The van der Waals surface area contributed by atoms with Gasteiger partial charge >= 0.3 is 0 Å². The molecule has 0 saturated heterocycles. The Morgan fingerprint density at radius 3 is 2.48 bits per heavy atom. The Balaban J connectivity index is 1.75. The highest BCUT2D eigenvalue weighted by Gasteiger charge is 2.43. The van der Waals surface area contributed by atoms with Crippen molar-refractivity contribution >= 4 is 37.3 Å². The Morgan fingerprint density at radius 2 is 1.95 bits per heavy atom. The molecule has 118 valence electrons. The van der Waals surface area contributed by atoms with Gasteiger partial charge in [-0.05, 0) is 66.1 Å². The molecule has 7 heteroatoms. The smallest absolute Gasteiger partial charge is 0.242 e. The molecule has 0 spiro atoms. The van der Waals surface area contributed by atoms with E-state index in [1.54, 1.807) is 6.07 Å². The molecule has 0 amide bonds. The van der Waals surface area contributed by atoms with Crippen LogP contribution >= 0.6 is 27.3 Å². The van der Waals surface area contributed by atoms with Gasteiger partial charge in [0.15, 0.2) is 0 Å². The molecule has 21 heavy (non-hydrogen) atoms. The fraction of sp³-hybridized carbons (Fsp3) is 0.714. The van der Waals surface area contributed by atoms with E-state index in [0.717, 1.165) is 11.4 Å². The minimum absolute atomic E-state index is 0.152. The van der Waals surface area contributed by atoms with Crippen molar-refractivity contribution in [2.75, 3.05) is 6.54 Å². The van der Waals surface area contributed by atoms with E-state index in [0.29, 0.717) is 27.1 Å². The molecule has 0 aliphatic heterocycles. The van der Waals surface area contributed by atoms with Gasteiger partial charge in [-0.25, -0.2) is 13.1 Å². The maximum Gasteiger partial charge on any atom is 0.242 e. The Hall–Kier alpha value is 0.0500. The Labute approximate surface area is 138 Å². The molecular weight excluding hydrogens is 372 g/mol. The van der Waals surface area contributed by atoms with Gasteiger partial charge in [0.25, 0.3) is 0 Å². The summed E-state index contributed by atoms with van der Waals surface area (Å²) in [6.07, 6.45) is 4.67. The van der Waals surface area contributed by atoms with Crippen molar-refractivity contribution in [3.8, 4) is 0 Å². The molecular formula is C14H21BrN2O2S2. The Morgan fingerprint density at radius 1 is 1.33 bits per heavy atom. The fourth-order valence-corrected chi connectivity index (χ4v) is 6.67. The largest absolute Gasteiger partial charge is 0.312 e. The van der Waals surface area contributed by atoms with Crippen molar-refractivity contribution in [3.63, 3.8) is 0 Å². The second kappa shape index (κ2) is 6.28. The summed E-state index contributed by atoms with van der Waals surface area (Å²) in [4.78, 5) is 1.44. The lowest BCUT2D eigenvalue weighted by atomic mass is 10.1. The highest BCUT2D eigenvalue weighted by Crippen LogP contribution is 2.45. The molecule has 0 bridgehead atoms. The van der Waals surface area contributed by atoms with E-state index >= 15 is 0 Å². The molecule has 2 saturated carbocycles. The summed E-state index contributed by atoms with van der Waals surface area (Å²) >= 11 is 4.90. The highest BCUT2D eigenvalue weighted by atomic mass is 79.9. The maximum absolute atomic E-state index is 12.7. The second-order valence-electron chi connectivity index (χ2n) is 5.95. The van der Waals surface area contributed by atoms with Gasteiger partial charge in [-0.3, -0.25) is 0 Å². The van der Waals surface area contributed by atoms with Crippen molar-refractivity contribution in [2.24, 2.45) is 11.8 Å². The average molecular weight is 393 g/mol. The van der Waals surface area contributed by atoms with Crippen LogP contribution in [0.5, 0.6) is 0 Å². The van der Waals surface area contributed by atoms with Gasteiger partial charge in [0.1, 0.15) is 4.90 Å². The van der Waals surface area contributed by atoms with Gasteiger partial charge in [0.2, 0.25) is 10.0 Å². The van der Waals surface area contributed by atoms with Gasteiger partial charge in [0.05, 0.1) is 3.79 Å². The van der Waals surface area contributed by atoms with Crippen molar-refractivity contribution in [1.29, 1.82) is 0 Å². The number of nitrogens with one attached hydrogen (secondary N) is 2. The lowest BCUT2D eigenvalue weighted by Gasteiger charge is -2.17. The van der Waals surface area contributed by atoms with Gasteiger partial charge in [-0.1, -0.05) is 6.92 Å². The first-order valence-corrected chi connectivity index (χ1v) is 10.6. The third-order valence-electron chi connectivity index (χ3n) is 4.10. The van der Waals surface area contributed by atoms with Gasteiger partial charge < -0.3 is 5.32 Å². The predicted octanol–water partition coefficient (Wildman–Crippen LogP) is 3.09. The van der Waals surface area contributed by atoms with Crippen LogP contribution in [0.2, 0.25) is 0 Å². The monoisotopic (exact) mass is 392 g/mol. The van der Waals surface area contributed by atoms with Crippen molar-refractivity contribution in [2.45, 2.75) is 50.1 Å². The predicted molar refractivity (Wildman–Crippen MR) is 89.0 cm³/mol. The number of hydrogen-bond acceptors (Lipinski definition) is 4. The number of sulfonamides is 1. The van der Waals surface area contributed by atoms with E-state index < -0.39 is 10.0 Å². The molecule has 1 aromatic rings. The molecule has 0 radical (unpaired) electrons. The third-order valence-corrected chi connectivity index (χ3v) is 7.81. The topological polar surface area (TPSA) is 58.2 Å². The first-order valence-electron chi connectivity index (χ1n) is 7.52. The van der Waals surface area contributed by atoms with E-state index in [1.165, 1.54) is 37.0 Å². The summed E-state index contributed by atoms with van der Waals surface area (Å²) in [6, 6.07) is 1.94. The molecule has 4 nitrogen and oxygen atoms in total. The number of hydrogen-bond donors (Lipinski definition) is 2. The molecule has 0 atom stereocenters. The molecule has 0 unspecified atom stereocenters. The first kappa shape index (κ1) is 15.9. The Bertz CT molecular complexity index is 594. The van der Waals surface area contributed by atoms with E-state index in [-0.39, 0.29) is 6.04 Å². The van der Waals surface area contributed by atoms with E-state index in [1.807, 2.05) is 6.92 Å². The van der Waals surface area contributed by atoms with Crippen LogP contribution in [-0.2, 0) is 16.6 Å². The average Bonchev–Trinajstić information content (AvgIpc) is 3.32. The highest BCUT2D eigenvalue weighted by molar-refractivity contribution is 9.11. The van der Waals surface area contributed by atoms with Crippen LogP contribution in [0.4, 0.5) is 0 Å². The summed E-state index contributed by atoms with van der Waals surface area (Å²) in [5.74, 6) is 1.12. The number of rotatable bonds is 8. The van der Waals surface area contributed by atoms with Gasteiger partial charge in [-0.2, -0.15) is 0 Å². The van der Waals surface area contributed by atoms with Crippen LogP contribution in [0.3, 0.4) is 0 Å². The quantitative estimate of drug-likeness (QED) is 0.714. The molecule has 2 N–H and O–H groups in total. The molecule has 3 rings (SSSR count). The van der Waals surface area contributed by atoms with Crippen LogP contribution in [0, 0.1) is 11.8 Å². The first-order chi connectivity index (χ1) is 10.0. The lowest BCUT2D eigenvalue weighted by molar-refractivity contribution is 0.471. The maximum atomic E-state index is 12.7. The lowest BCUT2D eigenvalue weighted by Crippen LogP contribution is -2.38. The van der Waals surface area contributed by atoms with E-state index in [2.05, 4.69) is 26.0 Å². The molecule has 1 heterocycles. The van der Waals surface area contributed by atoms with Crippen LogP contribution in [0.15, 0.2) is 14.7 Å². The van der Waals surface area contributed by atoms with Crippen molar-refractivity contribution in [3.05, 3.63) is 14.7 Å². The summed E-state index contributed by atoms with van der Waals surface area (Å²) < 4.78 is 29.0. The summed E-state index contributed by atoms with van der Waals surface area (Å²) in [5.41, 5.74) is 0. The molecule has 0 aromatic carbocycles. The van der Waals surface area contributed by atoms with Crippen molar-refractivity contribution in [1.82, 2.24) is 10.0 Å². The fourth-order valence-electron chi connectivity index (χ4n) is 2.65. The number of thiophene rings is 1. The van der Waals surface area contributed by atoms with Crippen LogP contribution in [-0.4, -0.2) is 21.0 Å². The summed E-state index contributed by atoms with van der Waals surface area (Å²) in [5, 5.41) is 3.23.